The molecule has 1 heterocycles. The van der Waals surface area contributed by atoms with E-state index in [9.17, 15) is 8.78 Å². The molecule has 0 spiro atoms. The molecule has 3 N–H and O–H groups in total. The predicted octanol–water partition coefficient (Wildman–Crippen LogP) is 1.92. The fraction of sp³-hybridized carbons (Fsp3) is 0.545. The molecule has 6 heteroatoms. The van der Waals surface area contributed by atoms with Gasteiger partial charge < -0.3 is 15.8 Å². The Morgan fingerprint density at radius 1 is 1.47 bits per heavy atom. The van der Waals surface area contributed by atoms with Gasteiger partial charge in [0.2, 0.25) is 0 Å². The molecule has 0 atom stereocenters. The summed E-state index contributed by atoms with van der Waals surface area (Å²) in [5.74, 6) is -1.86. The van der Waals surface area contributed by atoms with E-state index in [2.05, 4.69) is 10.3 Å². The fourth-order valence-electron chi connectivity index (χ4n) is 1.83. The van der Waals surface area contributed by atoms with E-state index in [4.69, 9.17) is 10.5 Å². The quantitative estimate of drug-likeness (QED) is 0.848. The molecule has 1 aliphatic carbocycles. The molecule has 4 nitrogen and oxygen atoms in total. The van der Waals surface area contributed by atoms with Crippen molar-refractivity contribution < 1.29 is 13.5 Å². The number of nitrogen functional groups attached to an aromatic ring is 1. The van der Waals surface area contributed by atoms with Crippen LogP contribution in [0.25, 0.3) is 0 Å². The van der Waals surface area contributed by atoms with Gasteiger partial charge in [0.1, 0.15) is 0 Å². The molecule has 0 radical (unpaired) electrons. The largest absolute Gasteiger partial charge is 0.381 e. The van der Waals surface area contributed by atoms with Crippen LogP contribution in [0.5, 0.6) is 0 Å². The summed E-state index contributed by atoms with van der Waals surface area (Å²) in [7, 11) is 0. The zero-order valence-electron chi connectivity index (χ0n) is 9.54. The Labute approximate surface area is 98.2 Å². The number of halogens is 2. The number of aromatic nitrogens is 1. The SMILES string of the molecule is CCOC1CC(Nc2nc(N)c(F)cc2F)C1. The number of nitrogens with one attached hydrogen (secondary N) is 1. The molecule has 1 fully saturated rings. The lowest BCUT2D eigenvalue weighted by Gasteiger charge is -2.35. The topological polar surface area (TPSA) is 60.2 Å². The highest BCUT2D eigenvalue weighted by Crippen LogP contribution is 2.27. The second-order valence-electron chi connectivity index (χ2n) is 4.08. The molecule has 1 aromatic heterocycles. The van der Waals surface area contributed by atoms with Crippen molar-refractivity contribution in [2.24, 2.45) is 0 Å². The molecule has 0 aliphatic heterocycles. The summed E-state index contributed by atoms with van der Waals surface area (Å²) in [5, 5.41) is 2.89. The molecule has 1 aromatic rings. The Kier molecular flexibility index (Phi) is 3.42. The number of rotatable bonds is 4. The minimum atomic E-state index is -0.839. The maximum Gasteiger partial charge on any atom is 0.168 e. The fourth-order valence-corrected chi connectivity index (χ4v) is 1.83. The second kappa shape index (κ2) is 4.83. The maximum absolute atomic E-state index is 13.3. The van der Waals surface area contributed by atoms with Crippen molar-refractivity contribution in [3.8, 4) is 0 Å². The summed E-state index contributed by atoms with van der Waals surface area (Å²) in [6, 6.07) is 0.849. The Hall–Kier alpha value is -1.43. The van der Waals surface area contributed by atoms with Crippen molar-refractivity contribution in [2.45, 2.75) is 31.9 Å². The average Bonchev–Trinajstić information content (AvgIpc) is 2.22. The molecule has 2 rings (SSSR count). The zero-order chi connectivity index (χ0) is 12.4. The highest BCUT2D eigenvalue weighted by Gasteiger charge is 2.30. The van der Waals surface area contributed by atoms with Crippen molar-refractivity contribution in [1.29, 1.82) is 0 Å². The third kappa shape index (κ3) is 2.63. The van der Waals surface area contributed by atoms with E-state index in [1.165, 1.54) is 0 Å². The first kappa shape index (κ1) is 12.0. The van der Waals surface area contributed by atoms with Crippen molar-refractivity contribution >= 4 is 11.6 Å². The summed E-state index contributed by atoms with van der Waals surface area (Å²) in [5.41, 5.74) is 5.28. The van der Waals surface area contributed by atoms with Gasteiger partial charge in [-0.3, -0.25) is 0 Å². The normalized spacial score (nSPS) is 23.2. The van der Waals surface area contributed by atoms with E-state index < -0.39 is 11.6 Å². The van der Waals surface area contributed by atoms with Crippen molar-refractivity contribution in [1.82, 2.24) is 4.98 Å². The third-order valence-electron chi connectivity index (χ3n) is 2.79. The van der Waals surface area contributed by atoms with Crippen LogP contribution >= 0.6 is 0 Å². The Morgan fingerprint density at radius 3 is 2.82 bits per heavy atom. The number of anilines is 2. The van der Waals surface area contributed by atoms with Crippen LogP contribution < -0.4 is 11.1 Å². The van der Waals surface area contributed by atoms with E-state index in [1.54, 1.807) is 0 Å². The molecule has 17 heavy (non-hydrogen) atoms. The van der Waals surface area contributed by atoms with Crippen LogP contribution in [0.1, 0.15) is 19.8 Å². The van der Waals surface area contributed by atoms with E-state index in [0.29, 0.717) is 6.61 Å². The molecular weight excluding hydrogens is 228 g/mol. The summed E-state index contributed by atoms with van der Waals surface area (Å²) >= 11 is 0. The smallest absolute Gasteiger partial charge is 0.168 e. The molecule has 0 unspecified atom stereocenters. The lowest BCUT2D eigenvalue weighted by Crippen LogP contribution is -2.41. The standard InChI is InChI=1S/C11H15F2N3O/c1-2-17-7-3-6(4-7)15-11-9(13)5-8(12)10(14)16-11/h5-7H,2-4H2,1H3,(H3,14,15,16). The number of hydrogen-bond acceptors (Lipinski definition) is 4. The zero-order valence-corrected chi connectivity index (χ0v) is 9.54. The lowest BCUT2D eigenvalue weighted by atomic mass is 9.89. The number of ether oxygens (including phenoxy) is 1. The first-order valence-electron chi connectivity index (χ1n) is 5.59. The first-order chi connectivity index (χ1) is 8.10. The summed E-state index contributed by atoms with van der Waals surface area (Å²) in [6.07, 6.45) is 1.82. The van der Waals surface area contributed by atoms with E-state index in [-0.39, 0.29) is 23.8 Å². The molecule has 0 amide bonds. The van der Waals surface area contributed by atoms with Gasteiger partial charge in [0.05, 0.1) is 6.10 Å². The molecule has 1 aliphatic rings. The van der Waals surface area contributed by atoms with Crippen LogP contribution in [-0.4, -0.2) is 23.7 Å². The summed E-state index contributed by atoms with van der Waals surface area (Å²) in [6.45, 7) is 2.61. The Balaban J connectivity index is 1.94. The Bertz CT molecular complexity index is 408. The van der Waals surface area contributed by atoms with Crippen LogP contribution in [0.15, 0.2) is 6.07 Å². The van der Waals surface area contributed by atoms with Crippen LogP contribution in [0.4, 0.5) is 20.4 Å². The molecule has 0 saturated heterocycles. The highest BCUT2D eigenvalue weighted by molar-refractivity contribution is 5.45. The van der Waals surface area contributed by atoms with Gasteiger partial charge in [-0.25, -0.2) is 13.8 Å². The van der Waals surface area contributed by atoms with Crippen molar-refractivity contribution in [3.05, 3.63) is 17.7 Å². The number of nitrogens with two attached hydrogens (primary N) is 1. The van der Waals surface area contributed by atoms with Crippen LogP contribution in [0, 0.1) is 11.6 Å². The van der Waals surface area contributed by atoms with E-state index in [1.807, 2.05) is 6.92 Å². The van der Waals surface area contributed by atoms with E-state index >= 15 is 0 Å². The Morgan fingerprint density at radius 2 is 2.18 bits per heavy atom. The van der Waals surface area contributed by atoms with Gasteiger partial charge in [-0.2, -0.15) is 0 Å². The van der Waals surface area contributed by atoms with Gasteiger partial charge in [0.15, 0.2) is 23.3 Å². The van der Waals surface area contributed by atoms with Gasteiger partial charge in [-0.1, -0.05) is 0 Å². The lowest BCUT2D eigenvalue weighted by molar-refractivity contribution is 0.00286. The van der Waals surface area contributed by atoms with Gasteiger partial charge in [0, 0.05) is 18.7 Å². The summed E-state index contributed by atoms with van der Waals surface area (Å²) < 4.78 is 31.6. The predicted molar refractivity (Wildman–Crippen MR) is 60.6 cm³/mol. The van der Waals surface area contributed by atoms with Crippen molar-refractivity contribution in [2.75, 3.05) is 17.7 Å². The van der Waals surface area contributed by atoms with Gasteiger partial charge in [0.25, 0.3) is 0 Å². The maximum atomic E-state index is 13.3. The van der Waals surface area contributed by atoms with Crippen LogP contribution in [-0.2, 0) is 4.74 Å². The van der Waals surface area contributed by atoms with Crippen LogP contribution in [0.2, 0.25) is 0 Å². The molecule has 1 saturated carbocycles. The summed E-state index contributed by atoms with van der Waals surface area (Å²) in [4.78, 5) is 3.64. The third-order valence-corrected chi connectivity index (χ3v) is 2.79. The van der Waals surface area contributed by atoms with Gasteiger partial charge >= 0.3 is 0 Å². The average molecular weight is 243 g/mol. The minimum absolute atomic E-state index is 0.00356. The number of pyridine rings is 1. The molecule has 0 aromatic carbocycles. The monoisotopic (exact) mass is 243 g/mol. The molecule has 0 bridgehead atoms. The van der Waals surface area contributed by atoms with Crippen LogP contribution in [0.3, 0.4) is 0 Å². The highest BCUT2D eigenvalue weighted by atomic mass is 19.1. The molecule has 94 valence electrons. The van der Waals surface area contributed by atoms with E-state index in [0.717, 1.165) is 18.9 Å². The minimum Gasteiger partial charge on any atom is -0.381 e. The van der Waals surface area contributed by atoms with Gasteiger partial charge in [-0.15, -0.1) is 0 Å². The first-order valence-corrected chi connectivity index (χ1v) is 5.59. The molecular formula is C11H15F2N3O. The van der Waals surface area contributed by atoms with Gasteiger partial charge in [-0.05, 0) is 19.8 Å². The number of hydrogen-bond donors (Lipinski definition) is 2. The number of nitrogens with zero attached hydrogens (tertiary/aromatic N) is 1. The van der Waals surface area contributed by atoms with Crippen molar-refractivity contribution in [3.63, 3.8) is 0 Å². The second-order valence-corrected chi connectivity index (χ2v) is 4.08.